The summed E-state index contributed by atoms with van der Waals surface area (Å²) in [7, 11) is 0. The summed E-state index contributed by atoms with van der Waals surface area (Å²) in [5.41, 5.74) is 1.45. The van der Waals surface area contributed by atoms with Gasteiger partial charge in [-0.3, -0.25) is 9.89 Å². The number of aliphatic hydroxyl groups is 2. The van der Waals surface area contributed by atoms with E-state index in [-0.39, 0.29) is 24.2 Å². The highest BCUT2D eigenvalue weighted by Gasteiger charge is 2.28. The van der Waals surface area contributed by atoms with Crippen LogP contribution in [0.15, 0.2) is 30.3 Å². The molecule has 7 nitrogen and oxygen atoms in total. The van der Waals surface area contributed by atoms with Gasteiger partial charge in [0.25, 0.3) is 5.91 Å². The maximum atomic E-state index is 12.6. The minimum Gasteiger partial charge on any atom is -0.507 e. The summed E-state index contributed by atoms with van der Waals surface area (Å²) in [6, 6.07) is 8.46. The van der Waals surface area contributed by atoms with Crippen molar-refractivity contribution in [1.82, 2.24) is 15.1 Å². The Balaban J connectivity index is 1.68. The molecule has 0 spiro atoms. The molecule has 0 radical (unpaired) electrons. The number of rotatable bonds is 4. The quantitative estimate of drug-likeness (QED) is 0.668. The van der Waals surface area contributed by atoms with Crippen LogP contribution in [0.3, 0.4) is 0 Å². The maximum absolute atomic E-state index is 12.6. The van der Waals surface area contributed by atoms with Crippen molar-refractivity contribution in [3.05, 3.63) is 36.0 Å². The molecule has 1 aromatic heterocycles. The number of nitrogens with zero attached hydrogens (tertiary/aromatic N) is 2. The molecule has 0 saturated carbocycles. The van der Waals surface area contributed by atoms with Crippen molar-refractivity contribution in [3.63, 3.8) is 0 Å². The molecule has 2 aromatic rings. The predicted octanol–water partition coefficient (Wildman–Crippen LogP) is 0.988. The number of hydrogen-bond donors (Lipinski definition) is 4. The smallest absolute Gasteiger partial charge is 0.271 e. The number of nitrogens with one attached hydrogen (secondary N) is 1. The SMILES string of the molecule is O=C(c1cc(-c2ccccc2O)n[nH]1)N1CCC(C(O)CO)CC1. The molecule has 1 atom stereocenters. The lowest BCUT2D eigenvalue weighted by Crippen LogP contribution is -2.42. The van der Waals surface area contributed by atoms with E-state index >= 15 is 0 Å². The Labute approximate surface area is 139 Å². The zero-order valence-corrected chi connectivity index (χ0v) is 13.2. The summed E-state index contributed by atoms with van der Waals surface area (Å²) in [4.78, 5) is 14.3. The number of para-hydroxylation sites is 1. The number of piperidine rings is 1. The monoisotopic (exact) mass is 331 g/mol. The predicted molar refractivity (Wildman–Crippen MR) is 87.4 cm³/mol. The van der Waals surface area contributed by atoms with Crippen LogP contribution in [0.5, 0.6) is 5.75 Å². The third kappa shape index (κ3) is 3.27. The summed E-state index contributed by atoms with van der Waals surface area (Å²) in [6.07, 6.45) is 0.601. The Morgan fingerprint density at radius 1 is 1.33 bits per heavy atom. The molecule has 3 rings (SSSR count). The van der Waals surface area contributed by atoms with Gasteiger partial charge in [0, 0.05) is 18.7 Å². The molecule has 7 heteroatoms. The number of H-pyrrole nitrogens is 1. The number of hydrogen-bond acceptors (Lipinski definition) is 5. The van der Waals surface area contributed by atoms with Gasteiger partial charge in [-0.2, -0.15) is 5.10 Å². The molecule has 2 heterocycles. The first-order valence-electron chi connectivity index (χ1n) is 8.02. The summed E-state index contributed by atoms with van der Waals surface area (Å²) >= 11 is 0. The maximum Gasteiger partial charge on any atom is 0.271 e. The lowest BCUT2D eigenvalue weighted by Gasteiger charge is -2.33. The van der Waals surface area contributed by atoms with Gasteiger partial charge in [0.15, 0.2) is 0 Å². The van der Waals surface area contributed by atoms with Crippen LogP contribution in [0.2, 0.25) is 0 Å². The van der Waals surface area contributed by atoms with Gasteiger partial charge in [0.1, 0.15) is 11.4 Å². The van der Waals surface area contributed by atoms with Crippen molar-refractivity contribution in [2.24, 2.45) is 5.92 Å². The van der Waals surface area contributed by atoms with Crippen molar-refractivity contribution >= 4 is 5.91 Å². The van der Waals surface area contributed by atoms with Gasteiger partial charge in [0.2, 0.25) is 0 Å². The number of carbonyl (C=O) groups excluding carboxylic acids is 1. The van der Waals surface area contributed by atoms with Gasteiger partial charge >= 0.3 is 0 Å². The second-order valence-corrected chi connectivity index (χ2v) is 6.06. The standard InChI is InChI=1S/C17H21N3O4/c21-10-16(23)11-5-7-20(8-6-11)17(24)14-9-13(18-19-14)12-3-1-2-4-15(12)22/h1-4,9,11,16,21-23H,5-8,10H2,(H,18,19). The number of phenols is 1. The zero-order chi connectivity index (χ0) is 17.1. The van der Waals surface area contributed by atoms with E-state index in [1.807, 2.05) is 0 Å². The Morgan fingerprint density at radius 2 is 2.04 bits per heavy atom. The Kier molecular flexibility index (Phi) is 4.82. The third-order valence-electron chi connectivity index (χ3n) is 4.55. The van der Waals surface area contributed by atoms with Crippen molar-refractivity contribution in [1.29, 1.82) is 0 Å². The number of phenolic OH excluding ortho intramolecular Hbond substituents is 1. The fraction of sp³-hybridized carbons (Fsp3) is 0.412. The fourth-order valence-electron chi connectivity index (χ4n) is 3.07. The van der Waals surface area contributed by atoms with Gasteiger partial charge in [-0.1, -0.05) is 12.1 Å². The van der Waals surface area contributed by atoms with Crippen molar-refractivity contribution in [2.75, 3.05) is 19.7 Å². The van der Waals surface area contributed by atoms with Crippen LogP contribution in [0.25, 0.3) is 11.3 Å². The largest absolute Gasteiger partial charge is 0.507 e. The van der Waals surface area contributed by atoms with Gasteiger partial charge < -0.3 is 20.2 Å². The molecule has 4 N–H and O–H groups in total. The topological polar surface area (TPSA) is 110 Å². The number of amides is 1. The molecule has 1 saturated heterocycles. The Morgan fingerprint density at radius 3 is 2.71 bits per heavy atom. The average Bonchev–Trinajstić information content (AvgIpc) is 3.11. The second kappa shape index (κ2) is 7.02. The third-order valence-corrected chi connectivity index (χ3v) is 4.55. The highest BCUT2D eigenvalue weighted by molar-refractivity contribution is 5.93. The van der Waals surface area contributed by atoms with E-state index in [4.69, 9.17) is 5.11 Å². The number of aliphatic hydroxyl groups excluding tert-OH is 2. The number of aromatic hydroxyl groups is 1. The van der Waals surface area contributed by atoms with Gasteiger partial charge in [-0.15, -0.1) is 0 Å². The molecule has 1 aliphatic heterocycles. The number of likely N-dealkylation sites (tertiary alicyclic amines) is 1. The summed E-state index contributed by atoms with van der Waals surface area (Å²) < 4.78 is 0. The summed E-state index contributed by atoms with van der Waals surface area (Å²) in [5, 5.41) is 35.4. The number of carbonyl (C=O) groups is 1. The fourth-order valence-corrected chi connectivity index (χ4v) is 3.07. The van der Waals surface area contributed by atoms with Crippen LogP contribution in [0.4, 0.5) is 0 Å². The molecule has 0 bridgehead atoms. The van der Waals surface area contributed by atoms with E-state index in [2.05, 4.69) is 10.2 Å². The summed E-state index contributed by atoms with van der Waals surface area (Å²) in [6.45, 7) is 0.820. The lowest BCUT2D eigenvalue weighted by atomic mass is 9.91. The van der Waals surface area contributed by atoms with Gasteiger partial charge in [-0.25, -0.2) is 0 Å². The zero-order valence-electron chi connectivity index (χ0n) is 13.2. The lowest BCUT2D eigenvalue weighted by molar-refractivity contribution is 0.0177. The van der Waals surface area contributed by atoms with Crippen LogP contribution in [0, 0.1) is 5.92 Å². The van der Waals surface area contributed by atoms with E-state index in [1.165, 1.54) is 0 Å². The molecule has 1 unspecified atom stereocenters. The van der Waals surface area contributed by atoms with Crippen LogP contribution < -0.4 is 0 Å². The first kappa shape index (κ1) is 16.5. The molecule has 128 valence electrons. The van der Waals surface area contributed by atoms with Crippen LogP contribution in [-0.4, -0.2) is 62.1 Å². The van der Waals surface area contributed by atoms with Crippen molar-refractivity contribution in [2.45, 2.75) is 18.9 Å². The highest BCUT2D eigenvalue weighted by atomic mass is 16.3. The molecular formula is C17H21N3O4. The van der Waals surface area contributed by atoms with E-state index in [1.54, 1.807) is 35.2 Å². The first-order chi connectivity index (χ1) is 11.6. The van der Waals surface area contributed by atoms with Crippen LogP contribution in [0.1, 0.15) is 23.3 Å². The molecule has 1 aliphatic rings. The number of aromatic nitrogens is 2. The van der Waals surface area contributed by atoms with Crippen LogP contribution in [-0.2, 0) is 0 Å². The first-order valence-corrected chi connectivity index (χ1v) is 8.02. The summed E-state index contributed by atoms with van der Waals surface area (Å²) in [5.74, 6) is -0.0134. The van der Waals surface area contributed by atoms with Crippen molar-refractivity contribution < 1.29 is 20.1 Å². The molecular weight excluding hydrogens is 310 g/mol. The molecule has 1 aromatic carbocycles. The van der Waals surface area contributed by atoms with Gasteiger partial charge in [0.05, 0.1) is 18.4 Å². The van der Waals surface area contributed by atoms with E-state index < -0.39 is 6.10 Å². The van der Waals surface area contributed by atoms with Crippen LogP contribution >= 0.6 is 0 Å². The molecule has 1 amide bonds. The Bertz CT molecular complexity index is 707. The van der Waals surface area contributed by atoms with Gasteiger partial charge in [-0.05, 0) is 37.0 Å². The number of aromatic amines is 1. The highest BCUT2D eigenvalue weighted by Crippen LogP contribution is 2.28. The molecule has 1 fully saturated rings. The number of benzene rings is 1. The van der Waals surface area contributed by atoms with E-state index in [0.717, 1.165) is 0 Å². The van der Waals surface area contributed by atoms with Crippen molar-refractivity contribution in [3.8, 4) is 17.0 Å². The minimum atomic E-state index is -0.720. The Hall–Kier alpha value is -2.38. The van der Waals surface area contributed by atoms with E-state index in [9.17, 15) is 15.0 Å². The molecule has 0 aliphatic carbocycles. The van der Waals surface area contributed by atoms with E-state index in [0.29, 0.717) is 42.9 Å². The molecule has 24 heavy (non-hydrogen) atoms. The minimum absolute atomic E-state index is 0.0256. The average molecular weight is 331 g/mol. The second-order valence-electron chi connectivity index (χ2n) is 6.06. The normalized spacial score (nSPS) is 17.0.